The molecule has 2 atom stereocenters. The molecule has 17 heteroatoms. The zero-order chi connectivity index (χ0) is 26.7. The lowest BCUT2D eigenvalue weighted by molar-refractivity contribution is -0.767. The van der Waals surface area contributed by atoms with Crippen molar-refractivity contribution >= 4 is 57.7 Å². The average molecular weight is 551 g/mol. The first-order chi connectivity index (χ1) is 17.8. The van der Waals surface area contributed by atoms with Gasteiger partial charge >= 0.3 is 5.97 Å². The number of carboxylic acid groups (broad SMARTS) is 1. The Morgan fingerprint density at radius 2 is 2.22 bits per heavy atom. The first-order valence-corrected chi connectivity index (χ1v) is 12.7. The number of amides is 2. The quantitative estimate of drug-likeness (QED) is 0.0521. The van der Waals surface area contributed by atoms with Crippen LogP contribution in [0.15, 0.2) is 41.3 Å². The van der Waals surface area contributed by atoms with Gasteiger partial charge in [-0.05, 0) is 0 Å². The minimum atomic E-state index is -1.27. The van der Waals surface area contributed by atoms with Crippen LogP contribution in [-0.4, -0.2) is 83.0 Å². The van der Waals surface area contributed by atoms with Crippen molar-refractivity contribution in [3.63, 3.8) is 0 Å². The maximum absolute atomic E-state index is 13.0. The van der Waals surface area contributed by atoms with Crippen LogP contribution >= 0.6 is 23.3 Å². The van der Waals surface area contributed by atoms with Crippen molar-refractivity contribution in [2.45, 2.75) is 24.5 Å². The Morgan fingerprint density at radius 3 is 2.86 bits per heavy atom. The fraction of sp³-hybridized carbons (Fsp3) is 0.350. The van der Waals surface area contributed by atoms with E-state index < -0.39 is 29.2 Å². The molecule has 2 aliphatic heterocycles. The molecule has 0 aliphatic carbocycles. The van der Waals surface area contributed by atoms with E-state index in [9.17, 15) is 24.6 Å². The van der Waals surface area contributed by atoms with Gasteiger partial charge in [-0.2, -0.15) is 9.36 Å². The predicted octanol–water partition coefficient (Wildman–Crippen LogP) is -1.87. The van der Waals surface area contributed by atoms with Crippen LogP contribution in [0.1, 0.15) is 5.82 Å². The lowest BCUT2D eigenvalue weighted by atomic mass is 10.0. The van der Waals surface area contributed by atoms with Gasteiger partial charge in [0, 0.05) is 22.9 Å². The maximum Gasteiger partial charge on any atom is 0.352 e. The number of carboxylic acids is 1. The molecule has 196 valence electrons. The summed E-state index contributed by atoms with van der Waals surface area (Å²) in [5, 5.41) is 25.0. The third kappa shape index (κ3) is 5.13. The number of β-lactam (4-membered cyclic amide) rings is 1. The molecule has 15 nitrogen and oxygen atoms in total. The summed E-state index contributed by atoms with van der Waals surface area (Å²) in [6, 6.07) is 0.633. The number of carbonyl (C=O) groups is 3. The monoisotopic (exact) mass is 550 g/mol. The van der Waals surface area contributed by atoms with Crippen molar-refractivity contribution in [2.24, 2.45) is 5.16 Å². The number of nitrogens with zero attached hydrogens (tertiary/aromatic N) is 6. The van der Waals surface area contributed by atoms with Crippen LogP contribution in [-0.2, 0) is 32.3 Å². The number of carbonyl (C=O) groups excluding carboxylic acids is 2. The average Bonchev–Trinajstić information content (AvgIpc) is 3.45. The van der Waals surface area contributed by atoms with Gasteiger partial charge in [0.15, 0.2) is 23.7 Å². The SMILES string of the molecule is C=CCON=C(C(=O)N[C@@H]1C(=O)N2C(C(=O)O)=C(C[n+]3ccc(N)n3CCO)CS[C@H]12)c1nsc(N)n1. The Kier molecular flexibility index (Phi) is 7.74. The van der Waals surface area contributed by atoms with Crippen molar-refractivity contribution in [1.82, 2.24) is 24.3 Å². The summed E-state index contributed by atoms with van der Waals surface area (Å²) in [7, 11) is 0. The number of aliphatic hydroxyl groups excluding tert-OH is 1. The molecule has 1 saturated heterocycles. The Balaban J connectivity index is 1.54. The topological polar surface area (TPSA) is 215 Å². The normalized spacial score (nSPS) is 19.3. The number of hydrogen-bond donors (Lipinski definition) is 5. The van der Waals surface area contributed by atoms with Gasteiger partial charge in [-0.3, -0.25) is 14.5 Å². The number of nitrogen functional groups attached to an aromatic ring is 2. The second-order valence-electron chi connectivity index (χ2n) is 7.78. The van der Waals surface area contributed by atoms with Crippen LogP contribution in [0.2, 0.25) is 0 Å². The van der Waals surface area contributed by atoms with E-state index in [-0.39, 0.29) is 54.4 Å². The number of aliphatic hydroxyl groups is 1. The van der Waals surface area contributed by atoms with E-state index in [4.69, 9.17) is 16.3 Å². The number of hydrogen-bond acceptors (Lipinski definition) is 12. The van der Waals surface area contributed by atoms with Gasteiger partial charge in [0.1, 0.15) is 30.3 Å². The number of thioether (sulfide) groups is 1. The molecule has 37 heavy (non-hydrogen) atoms. The van der Waals surface area contributed by atoms with Crippen LogP contribution < -0.4 is 21.5 Å². The van der Waals surface area contributed by atoms with Crippen LogP contribution in [0, 0.1) is 0 Å². The summed E-state index contributed by atoms with van der Waals surface area (Å²) in [6.07, 6.45) is 3.10. The molecule has 2 aromatic rings. The maximum atomic E-state index is 13.0. The Morgan fingerprint density at radius 1 is 1.43 bits per heavy atom. The second kappa shape index (κ2) is 11.0. The highest BCUT2D eigenvalue weighted by atomic mass is 32.2. The lowest BCUT2D eigenvalue weighted by Gasteiger charge is -2.49. The van der Waals surface area contributed by atoms with Crippen molar-refractivity contribution in [3.05, 3.63) is 42.0 Å². The summed E-state index contributed by atoms with van der Waals surface area (Å²) < 4.78 is 7.25. The van der Waals surface area contributed by atoms with E-state index in [0.29, 0.717) is 11.4 Å². The number of fused-ring (bicyclic) bond motifs is 1. The summed E-state index contributed by atoms with van der Waals surface area (Å²) >= 11 is 2.17. The number of rotatable bonds is 11. The van der Waals surface area contributed by atoms with E-state index in [1.807, 2.05) is 0 Å². The number of aromatic nitrogens is 4. The first kappa shape index (κ1) is 26.1. The highest BCUT2D eigenvalue weighted by Gasteiger charge is 2.55. The molecule has 0 saturated carbocycles. The molecule has 0 bridgehead atoms. The summed E-state index contributed by atoms with van der Waals surface area (Å²) in [6.45, 7) is 3.74. The largest absolute Gasteiger partial charge is 0.477 e. The van der Waals surface area contributed by atoms with Gasteiger partial charge in [0.25, 0.3) is 11.8 Å². The Bertz CT molecular complexity index is 1300. The second-order valence-corrected chi connectivity index (χ2v) is 9.67. The van der Waals surface area contributed by atoms with Gasteiger partial charge in [-0.1, -0.05) is 17.8 Å². The minimum absolute atomic E-state index is 0.0197. The Hall–Kier alpha value is -3.96. The van der Waals surface area contributed by atoms with E-state index in [0.717, 1.165) is 16.4 Å². The summed E-state index contributed by atoms with van der Waals surface area (Å²) in [5.74, 6) is -2.02. The standard InChI is InChI=1S/C20H23N9O6S2/c1-2-7-35-25-12(15-24-20(22)37-26-15)16(31)23-13-17(32)29-14(19(33)34)10(9-36-18(13)29)8-27-4-3-11(21)28(27)5-6-30/h2-4,13,18,21,30H,1,5-9H2,(H4,22,23,24,26,31,33,34)/p+1/t13-,18-/m1/s1. The van der Waals surface area contributed by atoms with Gasteiger partial charge < -0.3 is 31.8 Å². The van der Waals surface area contributed by atoms with E-state index in [1.54, 1.807) is 21.6 Å². The van der Waals surface area contributed by atoms with Crippen molar-refractivity contribution in [3.8, 4) is 0 Å². The van der Waals surface area contributed by atoms with Crippen LogP contribution in [0.5, 0.6) is 0 Å². The zero-order valence-corrected chi connectivity index (χ0v) is 20.9. The third-order valence-electron chi connectivity index (χ3n) is 5.44. The van der Waals surface area contributed by atoms with Gasteiger partial charge in [0.2, 0.25) is 11.5 Å². The van der Waals surface area contributed by atoms with Gasteiger partial charge in [0.05, 0.1) is 12.7 Å². The number of oxime groups is 1. The lowest BCUT2D eigenvalue weighted by Crippen LogP contribution is -2.71. The molecule has 0 aromatic carbocycles. The molecule has 4 heterocycles. The molecule has 0 radical (unpaired) electrons. The number of nitrogens with one attached hydrogen (secondary N) is 1. The minimum Gasteiger partial charge on any atom is -0.477 e. The van der Waals surface area contributed by atoms with E-state index in [1.165, 1.54) is 17.8 Å². The molecule has 7 N–H and O–H groups in total. The number of aliphatic carboxylic acids is 1. The van der Waals surface area contributed by atoms with Crippen LogP contribution in [0.4, 0.5) is 10.9 Å². The molecule has 2 amide bonds. The fourth-order valence-corrected chi connectivity index (χ4v) is 5.62. The molecule has 0 unspecified atom stereocenters. The molecular weight excluding hydrogens is 526 g/mol. The fourth-order valence-electron chi connectivity index (χ4n) is 3.85. The smallest absolute Gasteiger partial charge is 0.352 e. The van der Waals surface area contributed by atoms with Gasteiger partial charge in [-0.25, -0.2) is 4.79 Å². The zero-order valence-electron chi connectivity index (χ0n) is 19.3. The van der Waals surface area contributed by atoms with Crippen LogP contribution in [0.3, 0.4) is 0 Å². The van der Waals surface area contributed by atoms with Gasteiger partial charge in [-0.15, -0.1) is 21.1 Å². The number of nitrogens with two attached hydrogens (primary N) is 2. The highest BCUT2D eigenvalue weighted by Crippen LogP contribution is 2.40. The van der Waals surface area contributed by atoms with Crippen molar-refractivity contribution < 1.29 is 34.1 Å². The molecule has 2 aliphatic rings. The molecule has 2 aromatic heterocycles. The van der Waals surface area contributed by atoms with Crippen molar-refractivity contribution in [2.75, 3.05) is 30.4 Å². The molecule has 0 spiro atoms. The van der Waals surface area contributed by atoms with E-state index >= 15 is 0 Å². The first-order valence-electron chi connectivity index (χ1n) is 10.8. The van der Waals surface area contributed by atoms with E-state index in [2.05, 4.69) is 26.4 Å². The molecular formula is C20H24N9O6S2+. The predicted molar refractivity (Wildman–Crippen MR) is 133 cm³/mol. The van der Waals surface area contributed by atoms with Crippen LogP contribution in [0.25, 0.3) is 0 Å². The summed E-state index contributed by atoms with van der Waals surface area (Å²) in [5.41, 5.74) is 11.6. The molecule has 1 fully saturated rings. The summed E-state index contributed by atoms with van der Waals surface area (Å²) in [4.78, 5) is 48.3. The highest BCUT2D eigenvalue weighted by molar-refractivity contribution is 8.00. The molecule has 4 rings (SSSR count). The third-order valence-corrected chi connectivity index (χ3v) is 7.33. The number of anilines is 2. The van der Waals surface area contributed by atoms with Crippen molar-refractivity contribution in [1.29, 1.82) is 0 Å². The Labute approximate surface area is 218 Å².